The number of aryl methyl sites for hydroxylation is 2. The zero-order chi connectivity index (χ0) is 19.0. The highest BCUT2D eigenvalue weighted by molar-refractivity contribution is 5.76. The van der Waals surface area contributed by atoms with Crippen LogP contribution in [0.15, 0.2) is 15.9 Å². The van der Waals surface area contributed by atoms with Crippen LogP contribution in [0.25, 0.3) is 11.2 Å². The summed E-state index contributed by atoms with van der Waals surface area (Å²) in [5.74, 6) is 0.0942. The molecule has 26 heavy (non-hydrogen) atoms. The Morgan fingerprint density at radius 3 is 2.50 bits per heavy atom. The van der Waals surface area contributed by atoms with E-state index in [1.807, 2.05) is 18.7 Å². The molecule has 9 heteroatoms. The minimum absolute atomic E-state index is 0.0459. The number of nitrogens with zero attached hydrogens (tertiary/aromatic N) is 5. The van der Waals surface area contributed by atoms with Crippen molar-refractivity contribution in [3.8, 4) is 0 Å². The molecule has 1 fully saturated rings. The molecule has 0 unspecified atom stereocenters. The first kappa shape index (κ1) is 18.4. The van der Waals surface area contributed by atoms with Gasteiger partial charge in [-0.15, -0.1) is 0 Å². The molecule has 9 nitrogen and oxygen atoms in total. The van der Waals surface area contributed by atoms with Gasteiger partial charge in [-0.2, -0.15) is 0 Å². The number of ether oxygens (including phenoxy) is 1. The fourth-order valence-corrected chi connectivity index (χ4v) is 3.51. The average molecular weight is 363 g/mol. The fraction of sp³-hybridized carbons (Fsp3) is 0.647. The van der Waals surface area contributed by atoms with E-state index in [-0.39, 0.29) is 23.7 Å². The quantitative estimate of drug-likeness (QED) is 0.753. The van der Waals surface area contributed by atoms with Crippen molar-refractivity contribution in [2.75, 3.05) is 13.1 Å². The van der Waals surface area contributed by atoms with E-state index in [0.29, 0.717) is 43.6 Å². The number of amides is 1. The van der Waals surface area contributed by atoms with Crippen molar-refractivity contribution >= 4 is 17.1 Å². The van der Waals surface area contributed by atoms with Gasteiger partial charge >= 0.3 is 5.69 Å². The van der Waals surface area contributed by atoms with Gasteiger partial charge in [-0.3, -0.25) is 18.7 Å². The number of carbonyl (C=O) groups excluding carboxylic acids is 1. The number of aromatic nitrogens is 4. The van der Waals surface area contributed by atoms with Crippen LogP contribution in [0, 0.1) is 0 Å². The van der Waals surface area contributed by atoms with Gasteiger partial charge in [0.1, 0.15) is 0 Å². The predicted molar refractivity (Wildman–Crippen MR) is 96.0 cm³/mol. The molecule has 1 amide bonds. The molecule has 0 saturated carbocycles. The molecule has 2 atom stereocenters. The van der Waals surface area contributed by atoms with Crippen molar-refractivity contribution in [3.05, 3.63) is 27.2 Å². The van der Waals surface area contributed by atoms with E-state index >= 15 is 0 Å². The maximum atomic E-state index is 12.4. The summed E-state index contributed by atoms with van der Waals surface area (Å²) in [5.41, 5.74) is -0.0304. The summed E-state index contributed by atoms with van der Waals surface area (Å²) >= 11 is 0. The number of morpholine rings is 1. The highest BCUT2D eigenvalue weighted by Gasteiger charge is 2.25. The Balaban J connectivity index is 1.70. The molecular formula is C17H25N5O4. The first-order valence-corrected chi connectivity index (χ1v) is 8.83. The molecule has 0 aliphatic carbocycles. The van der Waals surface area contributed by atoms with E-state index in [4.69, 9.17) is 4.74 Å². The van der Waals surface area contributed by atoms with Crippen LogP contribution in [0.3, 0.4) is 0 Å². The van der Waals surface area contributed by atoms with Gasteiger partial charge in [-0.05, 0) is 20.3 Å². The summed E-state index contributed by atoms with van der Waals surface area (Å²) in [7, 11) is 3.04. The number of hydrogen-bond donors (Lipinski definition) is 0. The van der Waals surface area contributed by atoms with E-state index in [1.165, 1.54) is 11.6 Å². The van der Waals surface area contributed by atoms with Gasteiger partial charge in [-0.1, -0.05) is 0 Å². The second-order valence-corrected chi connectivity index (χ2v) is 6.98. The third-order valence-electron chi connectivity index (χ3n) is 4.78. The Bertz CT molecular complexity index is 931. The van der Waals surface area contributed by atoms with Gasteiger partial charge in [0.05, 0.1) is 18.5 Å². The molecule has 0 spiro atoms. The van der Waals surface area contributed by atoms with Crippen molar-refractivity contribution in [3.63, 3.8) is 0 Å². The fourth-order valence-electron chi connectivity index (χ4n) is 3.51. The molecule has 3 heterocycles. The maximum Gasteiger partial charge on any atom is 0.332 e. The predicted octanol–water partition coefficient (Wildman–Crippen LogP) is -0.150. The zero-order valence-electron chi connectivity index (χ0n) is 15.6. The Morgan fingerprint density at radius 2 is 1.85 bits per heavy atom. The lowest BCUT2D eigenvalue weighted by atomic mass is 10.2. The molecule has 2 aromatic rings. The Hall–Kier alpha value is -2.42. The van der Waals surface area contributed by atoms with Crippen molar-refractivity contribution in [1.82, 2.24) is 23.6 Å². The van der Waals surface area contributed by atoms with Gasteiger partial charge in [-0.25, -0.2) is 9.78 Å². The molecule has 1 saturated heterocycles. The number of rotatable bonds is 4. The van der Waals surface area contributed by atoms with Gasteiger partial charge in [0, 0.05) is 40.2 Å². The van der Waals surface area contributed by atoms with Crippen LogP contribution >= 0.6 is 0 Å². The third-order valence-corrected chi connectivity index (χ3v) is 4.78. The minimum atomic E-state index is -0.404. The smallest absolute Gasteiger partial charge is 0.332 e. The SMILES string of the molecule is C[C@H]1CN(C(=O)CCCn2cnc3c2c(=O)n(C)c(=O)n3C)C[C@H](C)O1. The van der Waals surface area contributed by atoms with Gasteiger partial charge in [0.25, 0.3) is 5.56 Å². The molecular weight excluding hydrogens is 338 g/mol. The second kappa shape index (κ2) is 7.06. The van der Waals surface area contributed by atoms with E-state index in [9.17, 15) is 14.4 Å². The van der Waals surface area contributed by atoms with Crippen LogP contribution in [0.4, 0.5) is 0 Å². The first-order chi connectivity index (χ1) is 12.3. The standard InChI is InChI=1S/C17H25N5O4/c1-11-8-22(9-12(2)26-11)13(23)6-5-7-21-10-18-15-14(21)16(24)20(4)17(25)19(15)3/h10-12H,5-9H2,1-4H3/t11-,12-/m0/s1. The monoisotopic (exact) mass is 363 g/mol. The maximum absolute atomic E-state index is 12.4. The molecule has 2 aromatic heterocycles. The Morgan fingerprint density at radius 1 is 1.19 bits per heavy atom. The van der Waals surface area contributed by atoms with Gasteiger partial charge in [0.15, 0.2) is 11.2 Å². The van der Waals surface area contributed by atoms with Gasteiger partial charge < -0.3 is 14.2 Å². The van der Waals surface area contributed by atoms with E-state index in [0.717, 1.165) is 4.57 Å². The van der Waals surface area contributed by atoms with Crippen LogP contribution in [0.2, 0.25) is 0 Å². The lowest BCUT2D eigenvalue weighted by Gasteiger charge is -2.35. The summed E-state index contributed by atoms with van der Waals surface area (Å²) in [6, 6.07) is 0. The largest absolute Gasteiger partial charge is 0.372 e. The number of fused-ring (bicyclic) bond motifs is 1. The van der Waals surface area contributed by atoms with Crippen molar-refractivity contribution in [2.24, 2.45) is 14.1 Å². The third kappa shape index (κ3) is 3.31. The number of carbonyl (C=O) groups is 1. The normalized spacial score (nSPS) is 20.7. The molecule has 3 rings (SSSR count). The summed E-state index contributed by atoms with van der Waals surface area (Å²) in [4.78, 5) is 42.8. The number of imidazole rings is 1. The molecule has 142 valence electrons. The second-order valence-electron chi connectivity index (χ2n) is 6.98. The van der Waals surface area contributed by atoms with E-state index in [2.05, 4.69) is 4.98 Å². The minimum Gasteiger partial charge on any atom is -0.372 e. The lowest BCUT2D eigenvalue weighted by Crippen LogP contribution is -2.48. The molecule has 0 bridgehead atoms. The number of hydrogen-bond acceptors (Lipinski definition) is 5. The average Bonchev–Trinajstić information content (AvgIpc) is 3.01. The van der Waals surface area contributed by atoms with Crippen LogP contribution < -0.4 is 11.2 Å². The molecule has 0 aromatic carbocycles. The Kier molecular flexibility index (Phi) is 4.99. The molecule has 1 aliphatic rings. The highest BCUT2D eigenvalue weighted by Crippen LogP contribution is 2.13. The zero-order valence-corrected chi connectivity index (χ0v) is 15.6. The summed E-state index contributed by atoms with van der Waals surface area (Å²) in [6.45, 7) is 5.64. The van der Waals surface area contributed by atoms with Crippen molar-refractivity contribution in [2.45, 2.75) is 45.4 Å². The molecule has 0 radical (unpaired) electrons. The molecule has 1 aliphatic heterocycles. The van der Waals surface area contributed by atoms with Crippen LogP contribution in [-0.2, 0) is 30.2 Å². The van der Waals surface area contributed by atoms with Gasteiger partial charge in [0.2, 0.25) is 5.91 Å². The summed E-state index contributed by atoms with van der Waals surface area (Å²) < 4.78 is 9.80. The van der Waals surface area contributed by atoms with Crippen LogP contribution in [0.5, 0.6) is 0 Å². The van der Waals surface area contributed by atoms with Crippen LogP contribution in [0.1, 0.15) is 26.7 Å². The topological polar surface area (TPSA) is 91.4 Å². The van der Waals surface area contributed by atoms with Crippen LogP contribution in [-0.4, -0.2) is 54.8 Å². The van der Waals surface area contributed by atoms with E-state index in [1.54, 1.807) is 17.9 Å². The highest BCUT2D eigenvalue weighted by atomic mass is 16.5. The van der Waals surface area contributed by atoms with Crippen molar-refractivity contribution in [1.29, 1.82) is 0 Å². The first-order valence-electron chi connectivity index (χ1n) is 8.83. The summed E-state index contributed by atoms with van der Waals surface area (Å²) in [5, 5.41) is 0. The molecule has 0 N–H and O–H groups in total. The Labute approximate surface area is 150 Å². The summed E-state index contributed by atoms with van der Waals surface area (Å²) in [6.07, 6.45) is 2.63. The lowest BCUT2D eigenvalue weighted by molar-refractivity contribution is -0.143. The van der Waals surface area contributed by atoms with Crippen molar-refractivity contribution < 1.29 is 9.53 Å². The van der Waals surface area contributed by atoms with E-state index < -0.39 is 5.69 Å².